The van der Waals surface area contributed by atoms with E-state index in [0.717, 1.165) is 12.1 Å². The van der Waals surface area contributed by atoms with E-state index in [1.165, 1.54) is 6.92 Å². The van der Waals surface area contributed by atoms with E-state index in [1.54, 1.807) is 0 Å². The summed E-state index contributed by atoms with van der Waals surface area (Å²) in [5.41, 5.74) is 3.78. The Kier molecular flexibility index (Phi) is 3.03. The number of halogens is 2. The van der Waals surface area contributed by atoms with Crippen molar-refractivity contribution in [1.29, 1.82) is 0 Å². The molecule has 2 aromatic rings. The summed E-state index contributed by atoms with van der Waals surface area (Å²) in [6.07, 6.45) is 0. The monoisotopic (exact) mass is 267 g/mol. The fraction of sp³-hybridized carbons (Fsp3) is 0.100. The van der Waals surface area contributed by atoms with Gasteiger partial charge in [-0.05, 0) is 13.0 Å². The standard InChI is InChI=1S/C10H7F2N5O2/c1-4-14-9(16-10(13)15-4)7-5(11)2-3-6(8(7)12)17(18)19/h2-3H,1H3,(H2,13,14,15,16). The molecule has 7 nitrogen and oxygen atoms in total. The van der Waals surface area contributed by atoms with Gasteiger partial charge in [-0.25, -0.2) is 9.37 Å². The van der Waals surface area contributed by atoms with Gasteiger partial charge in [0.2, 0.25) is 11.8 Å². The lowest BCUT2D eigenvalue weighted by Gasteiger charge is -2.05. The number of aryl methyl sites for hydroxylation is 1. The highest BCUT2D eigenvalue weighted by molar-refractivity contribution is 5.62. The van der Waals surface area contributed by atoms with Gasteiger partial charge >= 0.3 is 5.69 Å². The van der Waals surface area contributed by atoms with Crippen LogP contribution in [-0.2, 0) is 0 Å². The van der Waals surface area contributed by atoms with Gasteiger partial charge < -0.3 is 5.73 Å². The van der Waals surface area contributed by atoms with Gasteiger partial charge in [0.1, 0.15) is 11.6 Å². The molecular formula is C10H7F2N5O2. The summed E-state index contributed by atoms with van der Waals surface area (Å²) in [7, 11) is 0. The van der Waals surface area contributed by atoms with Gasteiger partial charge in [-0.3, -0.25) is 10.1 Å². The second kappa shape index (κ2) is 4.52. The van der Waals surface area contributed by atoms with Crippen LogP contribution in [0.1, 0.15) is 5.82 Å². The molecule has 0 unspecified atom stereocenters. The molecule has 1 aromatic carbocycles. The van der Waals surface area contributed by atoms with Crippen molar-refractivity contribution < 1.29 is 13.7 Å². The molecule has 98 valence electrons. The van der Waals surface area contributed by atoms with Crippen LogP contribution < -0.4 is 5.73 Å². The summed E-state index contributed by atoms with van der Waals surface area (Å²) in [6, 6.07) is 1.50. The zero-order valence-corrected chi connectivity index (χ0v) is 9.59. The molecule has 0 aliphatic heterocycles. The van der Waals surface area contributed by atoms with Crippen molar-refractivity contribution in [1.82, 2.24) is 15.0 Å². The largest absolute Gasteiger partial charge is 0.368 e. The van der Waals surface area contributed by atoms with Gasteiger partial charge in [0.15, 0.2) is 5.82 Å². The maximum atomic E-state index is 13.9. The molecule has 0 aliphatic rings. The van der Waals surface area contributed by atoms with Crippen molar-refractivity contribution in [2.75, 3.05) is 5.73 Å². The van der Waals surface area contributed by atoms with Crippen LogP contribution in [0.15, 0.2) is 12.1 Å². The van der Waals surface area contributed by atoms with Crippen molar-refractivity contribution in [3.05, 3.63) is 39.7 Å². The number of rotatable bonds is 2. The summed E-state index contributed by atoms with van der Waals surface area (Å²) in [6.45, 7) is 1.45. The minimum Gasteiger partial charge on any atom is -0.368 e. The topological polar surface area (TPSA) is 108 Å². The molecule has 9 heteroatoms. The number of anilines is 1. The van der Waals surface area contributed by atoms with Crippen molar-refractivity contribution in [2.45, 2.75) is 6.92 Å². The normalized spacial score (nSPS) is 10.5. The molecule has 0 spiro atoms. The molecule has 0 aliphatic carbocycles. The van der Waals surface area contributed by atoms with Crippen LogP contribution in [0.2, 0.25) is 0 Å². The van der Waals surface area contributed by atoms with Crippen LogP contribution in [0, 0.1) is 28.7 Å². The first-order valence-corrected chi connectivity index (χ1v) is 5.01. The van der Waals surface area contributed by atoms with E-state index in [4.69, 9.17) is 5.73 Å². The van der Waals surface area contributed by atoms with Gasteiger partial charge in [0.05, 0.1) is 10.5 Å². The van der Waals surface area contributed by atoms with Crippen molar-refractivity contribution in [3.63, 3.8) is 0 Å². The Bertz CT molecular complexity index is 657. The Labute approximate surface area is 105 Å². The van der Waals surface area contributed by atoms with Crippen LogP contribution in [-0.4, -0.2) is 19.9 Å². The van der Waals surface area contributed by atoms with E-state index in [-0.39, 0.29) is 17.6 Å². The Hall–Kier alpha value is -2.71. The van der Waals surface area contributed by atoms with E-state index < -0.39 is 27.8 Å². The molecule has 19 heavy (non-hydrogen) atoms. The van der Waals surface area contributed by atoms with Crippen LogP contribution >= 0.6 is 0 Å². The maximum absolute atomic E-state index is 13.9. The van der Waals surface area contributed by atoms with Gasteiger partial charge in [0, 0.05) is 6.07 Å². The Morgan fingerprint density at radius 1 is 1.26 bits per heavy atom. The lowest BCUT2D eigenvalue weighted by atomic mass is 10.1. The third-order valence-corrected chi connectivity index (χ3v) is 2.26. The molecule has 1 heterocycles. The highest BCUT2D eigenvalue weighted by atomic mass is 19.1. The van der Waals surface area contributed by atoms with Crippen molar-refractivity contribution in [2.24, 2.45) is 0 Å². The number of nitrogen functional groups attached to an aromatic ring is 1. The Morgan fingerprint density at radius 2 is 1.95 bits per heavy atom. The summed E-state index contributed by atoms with van der Waals surface area (Å²) in [5.74, 6) is -2.84. The number of nitrogens with zero attached hydrogens (tertiary/aromatic N) is 4. The molecule has 0 fully saturated rings. The highest BCUT2D eigenvalue weighted by Gasteiger charge is 2.24. The number of aromatic nitrogens is 3. The highest BCUT2D eigenvalue weighted by Crippen LogP contribution is 2.29. The SMILES string of the molecule is Cc1nc(N)nc(-c2c(F)ccc([N+](=O)[O-])c2F)n1. The first kappa shape index (κ1) is 12.7. The van der Waals surface area contributed by atoms with E-state index in [2.05, 4.69) is 15.0 Å². The number of benzene rings is 1. The first-order chi connectivity index (χ1) is 8.90. The summed E-state index contributed by atoms with van der Waals surface area (Å²) >= 11 is 0. The molecule has 0 radical (unpaired) electrons. The molecule has 0 amide bonds. The predicted octanol–water partition coefficient (Wildman–Crippen LogP) is 1.62. The lowest BCUT2D eigenvalue weighted by molar-refractivity contribution is -0.387. The van der Waals surface area contributed by atoms with Crippen molar-refractivity contribution in [3.8, 4) is 11.4 Å². The second-order valence-electron chi connectivity index (χ2n) is 3.58. The number of hydrogen-bond acceptors (Lipinski definition) is 6. The van der Waals surface area contributed by atoms with Gasteiger partial charge in [-0.15, -0.1) is 0 Å². The van der Waals surface area contributed by atoms with Crippen LogP contribution in [0.25, 0.3) is 11.4 Å². The summed E-state index contributed by atoms with van der Waals surface area (Å²) in [5, 5.41) is 10.6. The fourth-order valence-corrected chi connectivity index (χ4v) is 1.50. The average molecular weight is 267 g/mol. The third-order valence-electron chi connectivity index (χ3n) is 2.26. The Morgan fingerprint density at radius 3 is 2.53 bits per heavy atom. The molecular weight excluding hydrogens is 260 g/mol. The second-order valence-corrected chi connectivity index (χ2v) is 3.58. The number of hydrogen-bond donors (Lipinski definition) is 1. The third kappa shape index (κ3) is 2.30. The minimum atomic E-state index is -1.35. The molecule has 0 saturated heterocycles. The molecule has 2 rings (SSSR count). The predicted molar refractivity (Wildman–Crippen MR) is 61.0 cm³/mol. The van der Waals surface area contributed by atoms with Gasteiger partial charge in [-0.2, -0.15) is 14.4 Å². The molecule has 2 N–H and O–H groups in total. The average Bonchev–Trinajstić information content (AvgIpc) is 2.26. The molecule has 0 atom stereocenters. The quantitative estimate of drug-likeness (QED) is 0.654. The lowest BCUT2D eigenvalue weighted by Crippen LogP contribution is -2.05. The zero-order valence-electron chi connectivity index (χ0n) is 9.59. The summed E-state index contributed by atoms with van der Waals surface area (Å²) in [4.78, 5) is 20.6. The zero-order chi connectivity index (χ0) is 14.2. The van der Waals surface area contributed by atoms with Gasteiger partial charge in [0.25, 0.3) is 0 Å². The smallest absolute Gasteiger partial charge is 0.305 e. The number of nitro groups is 1. The molecule has 1 aromatic heterocycles. The van der Waals surface area contributed by atoms with Crippen molar-refractivity contribution >= 4 is 11.6 Å². The van der Waals surface area contributed by atoms with E-state index in [1.807, 2.05) is 0 Å². The number of nitrogens with two attached hydrogens (primary N) is 1. The maximum Gasteiger partial charge on any atom is 0.305 e. The fourth-order valence-electron chi connectivity index (χ4n) is 1.50. The van der Waals surface area contributed by atoms with Crippen LogP contribution in [0.4, 0.5) is 20.4 Å². The van der Waals surface area contributed by atoms with E-state index >= 15 is 0 Å². The Balaban J connectivity index is 2.74. The first-order valence-electron chi connectivity index (χ1n) is 5.01. The molecule has 0 saturated carbocycles. The van der Waals surface area contributed by atoms with E-state index in [0.29, 0.717) is 0 Å². The minimum absolute atomic E-state index is 0.146. The number of nitro benzene ring substituents is 1. The summed E-state index contributed by atoms with van der Waals surface area (Å²) < 4.78 is 27.5. The molecule has 0 bridgehead atoms. The van der Waals surface area contributed by atoms with Crippen LogP contribution in [0.3, 0.4) is 0 Å². The van der Waals surface area contributed by atoms with E-state index in [9.17, 15) is 18.9 Å². The van der Waals surface area contributed by atoms with Gasteiger partial charge in [-0.1, -0.05) is 0 Å². The van der Waals surface area contributed by atoms with Crippen LogP contribution in [0.5, 0.6) is 0 Å².